The minimum Gasteiger partial charge on any atom is -0.479 e. The number of rotatable bonds is 3. The number of benzene rings is 5. The van der Waals surface area contributed by atoms with E-state index < -0.39 is 36.7 Å². The highest BCUT2D eigenvalue weighted by atomic mass is 16.7. The number of fused-ring (bicyclic) bond motifs is 2. The van der Waals surface area contributed by atoms with Gasteiger partial charge in [-0.1, -0.05) is 48.5 Å². The molecule has 0 bridgehead atoms. The van der Waals surface area contributed by atoms with E-state index in [1.165, 1.54) is 5.39 Å². The van der Waals surface area contributed by atoms with Crippen LogP contribution in [0.3, 0.4) is 0 Å². The van der Waals surface area contributed by atoms with Crippen LogP contribution >= 0.6 is 0 Å². The maximum absolute atomic E-state index is 11.4. The Hall–Kier alpha value is -3.49. The standard InChI is InChI=1S/C26H20O7/c27-21-22(28)24(25(30)31)33-26(23(21)29)32-16-8-6-14-10-15-5-4-12-2-1-3-13-7-9-17(18(14)11-16)20(15)19(12)13/h1-11,21-24,26-29H,(H,30,31)/t21-,22-,23+,24-,26+/m0/s1. The number of carboxylic acid groups (broad SMARTS) is 1. The Labute approximate surface area is 187 Å². The lowest BCUT2D eigenvalue weighted by Gasteiger charge is -2.38. The predicted molar refractivity (Wildman–Crippen MR) is 123 cm³/mol. The van der Waals surface area contributed by atoms with Crippen molar-refractivity contribution in [2.24, 2.45) is 0 Å². The van der Waals surface area contributed by atoms with Gasteiger partial charge in [0.25, 0.3) is 0 Å². The third-order valence-corrected chi connectivity index (χ3v) is 6.50. The van der Waals surface area contributed by atoms with Crippen molar-refractivity contribution < 1.29 is 34.7 Å². The summed E-state index contributed by atoms with van der Waals surface area (Å²) in [6.45, 7) is 0. The molecule has 0 aromatic heterocycles. The molecule has 0 aliphatic carbocycles. The van der Waals surface area contributed by atoms with Crippen LogP contribution in [0.1, 0.15) is 0 Å². The molecule has 7 nitrogen and oxygen atoms in total. The number of aliphatic hydroxyl groups is 3. The molecule has 0 spiro atoms. The number of carboxylic acids is 1. The van der Waals surface area contributed by atoms with Gasteiger partial charge in [0.1, 0.15) is 24.1 Å². The molecule has 166 valence electrons. The third kappa shape index (κ3) is 3.02. The highest BCUT2D eigenvalue weighted by Gasteiger charge is 2.48. The SMILES string of the molecule is O=C(O)[C@H]1O[C@@H](Oc2ccc3cc4ccc5cccc6ccc(c3c2)c4c56)[C@H](O)[C@@H](O)[C@@H]1O. The number of aliphatic hydroxyl groups excluding tert-OH is 3. The topological polar surface area (TPSA) is 116 Å². The van der Waals surface area contributed by atoms with E-state index in [1.54, 1.807) is 6.07 Å². The first-order valence-electron chi connectivity index (χ1n) is 10.6. The van der Waals surface area contributed by atoms with Gasteiger partial charge in [-0.05, 0) is 61.3 Å². The molecule has 0 saturated carbocycles. The van der Waals surface area contributed by atoms with Crippen molar-refractivity contribution in [3.05, 3.63) is 66.7 Å². The second-order valence-electron chi connectivity index (χ2n) is 8.47. The summed E-state index contributed by atoms with van der Waals surface area (Å²) in [5.41, 5.74) is 0. The molecule has 1 fully saturated rings. The Morgan fingerprint density at radius 2 is 1.42 bits per heavy atom. The first kappa shape index (κ1) is 20.1. The van der Waals surface area contributed by atoms with Crippen molar-refractivity contribution in [1.82, 2.24) is 0 Å². The lowest BCUT2D eigenvalue weighted by molar-refractivity contribution is -0.271. The third-order valence-electron chi connectivity index (χ3n) is 6.50. The quantitative estimate of drug-likeness (QED) is 0.250. The molecule has 0 radical (unpaired) electrons. The van der Waals surface area contributed by atoms with E-state index in [9.17, 15) is 25.2 Å². The molecule has 1 aliphatic rings. The fourth-order valence-electron chi connectivity index (χ4n) is 4.87. The van der Waals surface area contributed by atoms with Crippen molar-refractivity contribution in [3.63, 3.8) is 0 Å². The van der Waals surface area contributed by atoms with Crippen LogP contribution in [0, 0.1) is 0 Å². The predicted octanol–water partition coefficient (Wildman–Crippen LogP) is 3.01. The second kappa shape index (κ2) is 7.26. The highest BCUT2D eigenvalue weighted by molar-refractivity contribution is 6.28. The molecular weight excluding hydrogens is 424 g/mol. The first-order chi connectivity index (χ1) is 15.9. The maximum Gasteiger partial charge on any atom is 0.335 e. The minimum atomic E-state index is -1.77. The minimum absolute atomic E-state index is 0.342. The Morgan fingerprint density at radius 1 is 0.727 bits per heavy atom. The fourth-order valence-corrected chi connectivity index (χ4v) is 4.87. The first-order valence-corrected chi connectivity index (χ1v) is 10.6. The van der Waals surface area contributed by atoms with E-state index >= 15 is 0 Å². The van der Waals surface area contributed by atoms with Gasteiger partial charge >= 0.3 is 5.97 Å². The Balaban J connectivity index is 1.46. The van der Waals surface area contributed by atoms with Crippen molar-refractivity contribution in [1.29, 1.82) is 0 Å². The van der Waals surface area contributed by atoms with E-state index in [0.717, 1.165) is 37.7 Å². The molecule has 6 rings (SSSR count). The van der Waals surface area contributed by atoms with Crippen LogP contribution in [0.2, 0.25) is 0 Å². The number of hydrogen-bond acceptors (Lipinski definition) is 6. The molecule has 5 aromatic carbocycles. The van der Waals surface area contributed by atoms with Crippen LogP contribution in [-0.4, -0.2) is 57.1 Å². The van der Waals surface area contributed by atoms with Crippen LogP contribution in [0.4, 0.5) is 0 Å². The van der Waals surface area contributed by atoms with Gasteiger partial charge in [0, 0.05) is 0 Å². The van der Waals surface area contributed by atoms with Gasteiger partial charge < -0.3 is 29.9 Å². The zero-order valence-electron chi connectivity index (χ0n) is 17.3. The van der Waals surface area contributed by atoms with Gasteiger partial charge in [-0.2, -0.15) is 0 Å². The van der Waals surface area contributed by atoms with Gasteiger partial charge in [0.15, 0.2) is 6.10 Å². The Morgan fingerprint density at radius 3 is 2.18 bits per heavy atom. The zero-order chi connectivity index (χ0) is 22.9. The summed E-state index contributed by atoms with van der Waals surface area (Å²) in [6.07, 6.45) is -8.28. The van der Waals surface area contributed by atoms with Crippen molar-refractivity contribution in [2.75, 3.05) is 0 Å². The summed E-state index contributed by atoms with van der Waals surface area (Å²) in [4.78, 5) is 11.4. The zero-order valence-corrected chi connectivity index (χ0v) is 17.3. The van der Waals surface area contributed by atoms with Crippen LogP contribution in [0.15, 0.2) is 66.7 Å². The average molecular weight is 444 g/mol. The molecule has 5 atom stereocenters. The number of aliphatic carboxylic acids is 1. The molecule has 33 heavy (non-hydrogen) atoms. The molecule has 0 unspecified atom stereocenters. The Bertz CT molecular complexity index is 1510. The lowest BCUT2D eigenvalue weighted by Crippen LogP contribution is -2.61. The fraction of sp³-hybridized carbons (Fsp3) is 0.192. The summed E-state index contributed by atoms with van der Waals surface area (Å²) in [6, 6.07) is 22.1. The highest BCUT2D eigenvalue weighted by Crippen LogP contribution is 2.39. The van der Waals surface area contributed by atoms with Crippen molar-refractivity contribution >= 4 is 49.1 Å². The number of ether oxygens (including phenoxy) is 2. The number of carbonyl (C=O) groups is 1. The van der Waals surface area contributed by atoms with E-state index in [0.29, 0.717) is 5.75 Å². The second-order valence-corrected chi connectivity index (χ2v) is 8.47. The summed E-state index contributed by atoms with van der Waals surface area (Å²) < 4.78 is 11.0. The normalized spacial score (nSPS) is 25.8. The van der Waals surface area contributed by atoms with Crippen LogP contribution in [0.25, 0.3) is 43.1 Å². The van der Waals surface area contributed by atoms with E-state index in [4.69, 9.17) is 9.47 Å². The number of hydrogen-bond donors (Lipinski definition) is 4. The van der Waals surface area contributed by atoms with Gasteiger partial charge in [-0.25, -0.2) is 4.79 Å². The smallest absolute Gasteiger partial charge is 0.335 e. The van der Waals surface area contributed by atoms with E-state index in [2.05, 4.69) is 42.5 Å². The van der Waals surface area contributed by atoms with Gasteiger partial charge in [-0.15, -0.1) is 0 Å². The largest absolute Gasteiger partial charge is 0.479 e. The summed E-state index contributed by atoms with van der Waals surface area (Å²) in [5, 5.41) is 48.2. The maximum atomic E-state index is 11.4. The van der Waals surface area contributed by atoms with E-state index in [1.807, 2.05) is 18.2 Å². The van der Waals surface area contributed by atoms with Gasteiger partial charge in [0.2, 0.25) is 6.29 Å². The van der Waals surface area contributed by atoms with E-state index in [-0.39, 0.29) is 0 Å². The molecule has 5 aromatic rings. The summed E-state index contributed by atoms with van der Waals surface area (Å²) in [7, 11) is 0. The van der Waals surface area contributed by atoms with Crippen molar-refractivity contribution in [3.8, 4) is 5.75 Å². The molecule has 4 N–H and O–H groups in total. The monoisotopic (exact) mass is 444 g/mol. The van der Waals surface area contributed by atoms with Gasteiger partial charge in [0.05, 0.1) is 0 Å². The van der Waals surface area contributed by atoms with Crippen LogP contribution in [-0.2, 0) is 9.53 Å². The lowest BCUT2D eigenvalue weighted by atomic mass is 9.91. The molecule has 0 amide bonds. The average Bonchev–Trinajstić information content (AvgIpc) is 2.82. The molecular formula is C26H20O7. The summed E-state index contributed by atoms with van der Waals surface area (Å²) in [5.74, 6) is -1.11. The van der Waals surface area contributed by atoms with Gasteiger partial charge in [-0.3, -0.25) is 0 Å². The summed E-state index contributed by atoms with van der Waals surface area (Å²) >= 11 is 0. The van der Waals surface area contributed by atoms with Crippen molar-refractivity contribution in [2.45, 2.75) is 30.7 Å². The van der Waals surface area contributed by atoms with Crippen LogP contribution < -0.4 is 4.74 Å². The molecule has 1 aliphatic heterocycles. The Kier molecular flexibility index (Phi) is 4.43. The molecule has 1 heterocycles. The molecule has 1 saturated heterocycles. The molecule has 7 heteroatoms. The van der Waals surface area contributed by atoms with Crippen LogP contribution in [0.5, 0.6) is 5.75 Å².